The van der Waals surface area contributed by atoms with E-state index in [2.05, 4.69) is 15.3 Å². The smallest absolute Gasteiger partial charge is 0.248 e. The Bertz CT molecular complexity index is 1340. The zero-order chi connectivity index (χ0) is 24.8. The van der Waals surface area contributed by atoms with Crippen molar-refractivity contribution in [1.29, 1.82) is 0 Å². The summed E-state index contributed by atoms with van der Waals surface area (Å²) in [5.74, 6) is -2.42. The van der Waals surface area contributed by atoms with E-state index in [0.717, 1.165) is 6.07 Å². The van der Waals surface area contributed by atoms with Crippen molar-refractivity contribution in [2.24, 2.45) is 5.73 Å². The zero-order valence-corrected chi connectivity index (χ0v) is 18.6. The molecule has 0 spiro atoms. The van der Waals surface area contributed by atoms with E-state index in [4.69, 9.17) is 5.73 Å². The van der Waals surface area contributed by atoms with E-state index < -0.39 is 23.6 Å². The number of benzene rings is 2. The molecule has 0 aliphatic heterocycles. The van der Waals surface area contributed by atoms with Gasteiger partial charge in [-0.1, -0.05) is 24.3 Å². The number of hydrogen-bond donors (Lipinski definition) is 2. The molecule has 0 saturated carbocycles. The molecule has 0 saturated heterocycles. The van der Waals surface area contributed by atoms with Crippen LogP contribution < -0.4 is 11.1 Å². The number of aromatic nitrogens is 2. The van der Waals surface area contributed by atoms with E-state index in [0.29, 0.717) is 28.1 Å². The lowest BCUT2D eigenvalue weighted by Gasteiger charge is -2.21. The van der Waals surface area contributed by atoms with Crippen molar-refractivity contribution >= 4 is 11.8 Å². The van der Waals surface area contributed by atoms with E-state index >= 15 is 0 Å². The number of carbonyl (C=O) groups excluding carboxylic acids is 2. The summed E-state index contributed by atoms with van der Waals surface area (Å²) in [6.45, 7) is 0. The van der Waals surface area contributed by atoms with Crippen molar-refractivity contribution in [3.63, 3.8) is 0 Å². The normalized spacial score (nSPS) is 11.6. The number of primary amides is 1. The number of pyridine rings is 2. The molecular weight excluding hydrogens is 450 g/mol. The molecule has 176 valence electrons. The molecule has 35 heavy (non-hydrogen) atoms. The summed E-state index contributed by atoms with van der Waals surface area (Å²) in [6, 6.07) is 18.0. The summed E-state index contributed by atoms with van der Waals surface area (Å²) in [7, 11) is 0. The van der Waals surface area contributed by atoms with Gasteiger partial charge in [-0.2, -0.15) is 0 Å². The van der Waals surface area contributed by atoms with Crippen molar-refractivity contribution in [2.45, 2.75) is 18.9 Å². The fourth-order valence-electron chi connectivity index (χ4n) is 3.84. The fourth-order valence-corrected chi connectivity index (χ4v) is 3.84. The number of carbonyl (C=O) groups is 2. The molecule has 0 fully saturated rings. The van der Waals surface area contributed by atoms with Crippen molar-refractivity contribution in [3.8, 4) is 11.1 Å². The van der Waals surface area contributed by atoms with Crippen LogP contribution >= 0.6 is 0 Å². The average molecular weight is 472 g/mol. The number of nitrogens with zero attached hydrogens (tertiary/aromatic N) is 2. The molecule has 1 atom stereocenters. The molecule has 0 bridgehead atoms. The first-order valence-corrected chi connectivity index (χ1v) is 10.9. The van der Waals surface area contributed by atoms with E-state index in [9.17, 15) is 18.4 Å². The van der Waals surface area contributed by atoms with Gasteiger partial charge in [-0.25, -0.2) is 8.78 Å². The molecule has 3 N–H and O–H groups in total. The second-order valence-electron chi connectivity index (χ2n) is 7.97. The molecule has 0 radical (unpaired) electrons. The van der Waals surface area contributed by atoms with Gasteiger partial charge in [-0.3, -0.25) is 19.6 Å². The van der Waals surface area contributed by atoms with E-state index in [1.165, 1.54) is 12.1 Å². The van der Waals surface area contributed by atoms with Crippen LogP contribution in [-0.2, 0) is 17.6 Å². The van der Waals surface area contributed by atoms with Crippen molar-refractivity contribution in [2.75, 3.05) is 0 Å². The van der Waals surface area contributed by atoms with Gasteiger partial charge in [0.05, 0.1) is 18.2 Å². The Kier molecular flexibility index (Phi) is 7.21. The maximum atomic E-state index is 14.1. The van der Waals surface area contributed by atoms with Gasteiger partial charge in [0, 0.05) is 41.7 Å². The second-order valence-corrected chi connectivity index (χ2v) is 7.97. The number of rotatable bonds is 8. The van der Waals surface area contributed by atoms with E-state index in [1.807, 2.05) is 12.1 Å². The first-order valence-electron chi connectivity index (χ1n) is 10.9. The van der Waals surface area contributed by atoms with Crippen molar-refractivity contribution in [1.82, 2.24) is 15.3 Å². The van der Waals surface area contributed by atoms with Gasteiger partial charge in [0.1, 0.15) is 11.6 Å². The summed E-state index contributed by atoms with van der Waals surface area (Å²) >= 11 is 0. The molecule has 0 aliphatic rings. The minimum absolute atomic E-state index is 0.00483. The first kappa shape index (κ1) is 23.7. The summed E-state index contributed by atoms with van der Waals surface area (Å²) in [4.78, 5) is 33.1. The van der Waals surface area contributed by atoms with Gasteiger partial charge in [0.2, 0.25) is 11.8 Å². The summed E-state index contributed by atoms with van der Waals surface area (Å²) in [5.41, 5.74) is 8.57. The third-order valence-corrected chi connectivity index (χ3v) is 5.44. The largest absolute Gasteiger partial charge is 0.366 e. The van der Waals surface area contributed by atoms with Crippen LogP contribution in [0.2, 0.25) is 0 Å². The number of nitrogens with one attached hydrogen (secondary N) is 1. The van der Waals surface area contributed by atoms with Gasteiger partial charge in [-0.15, -0.1) is 0 Å². The molecular formula is C27H22F2N4O2. The lowest BCUT2D eigenvalue weighted by atomic mass is 9.95. The molecule has 2 heterocycles. The predicted molar refractivity (Wildman–Crippen MR) is 127 cm³/mol. The standard InChI is InChI=1S/C27H22F2N4O2/c28-20-12-19(13-21(29)14-20)24(33-26(34)15-22-7-1-2-9-31-22)16-25-23(8-4-10-32-25)17-5-3-6-18(11-17)27(30)35/h1-14,24H,15-16H2,(H2,30,35)(H,33,34). The Morgan fingerprint density at radius 1 is 0.886 bits per heavy atom. The van der Waals surface area contributed by atoms with Crippen LogP contribution in [0, 0.1) is 11.6 Å². The Balaban J connectivity index is 1.68. The Hall–Kier alpha value is -4.46. The lowest BCUT2D eigenvalue weighted by molar-refractivity contribution is -0.121. The van der Waals surface area contributed by atoms with Crippen molar-refractivity contribution < 1.29 is 18.4 Å². The number of hydrogen-bond acceptors (Lipinski definition) is 4. The molecule has 0 aliphatic carbocycles. The predicted octanol–water partition coefficient (Wildman–Crippen LogP) is 4.16. The van der Waals surface area contributed by atoms with Crippen LogP contribution in [0.25, 0.3) is 11.1 Å². The van der Waals surface area contributed by atoms with Crippen LogP contribution in [-0.4, -0.2) is 21.8 Å². The SMILES string of the molecule is NC(=O)c1cccc(-c2cccnc2CC(NC(=O)Cc2ccccn2)c2cc(F)cc(F)c2)c1. The average Bonchev–Trinajstić information content (AvgIpc) is 2.84. The third kappa shape index (κ3) is 6.11. The summed E-state index contributed by atoms with van der Waals surface area (Å²) in [6.07, 6.45) is 3.33. The number of amides is 2. The molecule has 8 heteroatoms. The zero-order valence-electron chi connectivity index (χ0n) is 18.6. The molecule has 6 nitrogen and oxygen atoms in total. The topological polar surface area (TPSA) is 98.0 Å². The lowest BCUT2D eigenvalue weighted by Crippen LogP contribution is -2.32. The quantitative estimate of drug-likeness (QED) is 0.402. The van der Waals surface area contributed by atoms with Crippen LogP contribution in [0.1, 0.15) is 33.4 Å². The van der Waals surface area contributed by atoms with E-state index in [-0.39, 0.29) is 24.3 Å². The van der Waals surface area contributed by atoms with Gasteiger partial charge >= 0.3 is 0 Å². The highest BCUT2D eigenvalue weighted by atomic mass is 19.1. The minimum Gasteiger partial charge on any atom is -0.366 e. The number of halogens is 2. The monoisotopic (exact) mass is 472 g/mol. The van der Waals surface area contributed by atoms with E-state index in [1.54, 1.807) is 54.9 Å². The molecule has 1 unspecified atom stereocenters. The highest BCUT2D eigenvalue weighted by Crippen LogP contribution is 2.28. The van der Waals surface area contributed by atoms with Crippen LogP contribution in [0.5, 0.6) is 0 Å². The van der Waals surface area contributed by atoms with Crippen LogP contribution in [0.4, 0.5) is 8.78 Å². The Labute approximate surface area is 200 Å². The first-order chi connectivity index (χ1) is 16.9. The summed E-state index contributed by atoms with van der Waals surface area (Å²) < 4.78 is 28.1. The van der Waals surface area contributed by atoms with Gasteiger partial charge < -0.3 is 11.1 Å². The van der Waals surface area contributed by atoms with Gasteiger partial charge in [-0.05, 0) is 53.6 Å². The van der Waals surface area contributed by atoms with Crippen molar-refractivity contribution in [3.05, 3.63) is 119 Å². The fraction of sp³-hybridized carbons (Fsp3) is 0.111. The summed E-state index contributed by atoms with van der Waals surface area (Å²) in [5, 5.41) is 2.87. The maximum Gasteiger partial charge on any atom is 0.248 e. The molecule has 2 aromatic carbocycles. The maximum absolute atomic E-state index is 14.1. The molecule has 2 amide bonds. The molecule has 4 rings (SSSR count). The Morgan fingerprint density at radius 3 is 2.37 bits per heavy atom. The highest BCUT2D eigenvalue weighted by Gasteiger charge is 2.20. The van der Waals surface area contributed by atoms with Gasteiger partial charge in [0.25, 0.3) is 0 Å². The molecule has 2 aromatic heterocycles. The van der Waals surface area contributed by atoms with Gasteiger partial charge in [0.15, 0.2) is 0 Å². The van der Waals surface area contributed by atoms with Crippen LogP contribution in [0.3, 0.4) is 0 Å². The number of nitrogens with two attached hydrogens (primary N) is 1. The molecule has 4 aromatic rings. The van der Waals surface area contributed by atoms with Crippen LogP contribution in [0.15, 0.2) is 85.2 Å². The third-order valence-electron chi connectivity index (χ3n) is 5.44. The second kappa shape index (κ2) is 10.6. The Morgan fingerprint density at radius 2 is 1.66 bits per heavy atom. The minimum atomic E-state index is -0.774. The highest BCUT2D eigenvalue weighted by molar-refractivity contribution is 5.94.